The summed E-state index contributed by atoms with van der Waals surface area (Å²) < 4.78 is 0. The Kier molecular flexibility index (Phi) is 7.51. The van der Waals surface area contributed by atoms with Gasteiger partial charge in [-0.3, -0.25) is 14.7 Å². The molecule has 3 N–H and O–H groups in total. The minimum absolute atomic E-state index is 0.316. The van der Waals surface area contributed by atoms with E-state index in [0.29, 0.717) is 18.2 Å². The molecule has 1 unspecified atom stereocenters. The predicted molar refractivity (Wildman–Crippen MR) is 114 cm³/mol. The smallest absolute Gasteiger partial charge is 0.142 e. The van der Waals surface area contributed by atoms with Crippen LogP contribution in [0.5, 0.6) is 0 Å². The molecule has 0 spiro atoms. The van der Waals surface area contributed by atoms with E-state index in [2.05, 4.69) is 62.8 Å². The molecule has 27 heavy (non-hydrogen) atoms. The lowest BCUT2D eigenvalue weighted by Gasteiger charge is -2.37. The summed E-state index contributed by atoms with van der Waals surface area (Å²) in [5.41, 5.74) is 13.4. The van der Waals surface area contributed by atoms with Crippen LogP contribution in [0.3, 0.4) is 0 Å². The van der Waals surface area contributed by atoms with Gasteiger partial charge in [-0.05, 0) is 43.2 Å². The van der Waals surface area contributed by atoms with E-state index >= 15 is 0 Å². The van der Waals surface area contributed by atoms with Crippen molar-refractivity contribution in [1.82, 2.24) is 10.2 Å². The molecule has 0 aromatic heterocycles. The molecule has 0 saturated carbocycles. The van der Waals surface area contributed by atoms with Crippen molar-refractivity contribution >= 4 is 17.7 Å². The van der Waals surface area contributed by atoms with Crippen LogP contribution in [0.1, 0.15) is 37.3 Å². The number of likely N-dealkylation sites (N-methyl/N-ethyl adjacent to an activating group) is 1. The fraction of sp³-hybridized carbons (Fsp3) is 0.455. The number of hydrogen-bond acceptors (Lipinski definition) is 5. The number of benzene rings is 1. The highest BCUT2D eigenvalue weighted by atomic mass is 16.1. The number of allylic oxidation sites excluding steroid dienone is 1. The van der Waals surface area contributed by atoms with Gasteiger partial charge in [-0.2, -0.15) is 0 Å². The summed E-state index contributed by atoms with van der Waals surface area (Å²) >= 11 is 0. The molecule has 1 saturated heterocycles. The Bertz CT molecular complexity index is 743. The molecule has 1 aromatic carbocycles. The first kappa shape index (κ1) is 21.1. The van der Waals surface area contributed by atoms with Crippen molar-refractivity contribution in [3.63, 3.8) is 0 Å². The first-order valence-electron chi connectivity index (χ1n) is 9.52. The standard InChI is InChI=1S/C19H28N4.C3H4O/c1-12(2)14-5-6-16(13(3)9-14)22-17-7-8-21-18-11-23(4)10-15(20)19(17)18;1-2-3-4/h5-6,9,12,18,21H,7-8,10-11,20H2,1-4H3;2-3H,1H2. The zero-order chi connectivity index (χ0) is 20.0. The molecule has 2 heterocycles. The van der Waals surface area contributed by atoms with Crippen molar-refractivity contribution in [2.24, 2.45) is 10.7 Å². The Labute approximate surface area is 163 Å². The van der Waals surface area contributed by atoms with Gasteiger partial charge in [-0.15, -0.1) is 0 Å². The molecule has 1 aromatic rings. The van der Waals surface area contributed by atoms with Gasteiger partial charge in [0.2, 0.25) is 0 Å². The van der Waals surface area contributed by atoms with Crippen LogP contribution in [-0.4, -0.2) is 49.6 Å². The van der Waals surface area contributed by atoms with Crippen molar-refractivity contribution in [1.29, 1.82) is 0 Å². The molecule has 146 valence electrons. The molecule has 2 aliphatic heterocycles. The van der Waals surface area contributed by atoms with Crippen LogP contribution < -0.4 is 11.1 Å². The molecule has 5 nitrogen and oxygen atoms in total. The van der Waals surface area contributed by atoms with Crippen LogP contribution in [0.2, 0.25) is 0 Å². The fourth-order valence-corrected chi connectivity index (χ4v) is 3.54. The quantitative estimate of drug-likeness (QED) is 0.635. The number of aryl methyl sites for hydroxylation is 1. The van der Waals surface area contributed by atoms with Gasteiger partial charge in [0.25, 0.3) is 0 Å². The van der Waals surface area contributed by atoms with Crippen LogP contribution in [0.25, 0.3) is 0 Å². The summed E-state index contributed by atoms with van der Waals surface area (Å²) in [4.78, 5) is 16.3. The van der Waals surface area contributed by atoms with Gasteiger partial charge in [0.1, 0.15) is 6.29 Å². The second kappa shape index (κ2) is 9.62. The molecule has 0 amide bonds. The number of carbonyl (C=O) groups is 1. The molecule has 0 bridgehead atoms. The van der Waals surface area contributed by atoms with Gasteiger partial charge in [0.05, 0.1) is 5.69 Å². The van der Waals surface area contributed by atoms with Gasteiger partial charge >= 0.3 is 0 Å². The molecule has 1 atom stereocenters. The van der Waals surface area contributed by atoms with Crippen LogP contribution in [-0.2, 0) is 4.79 Å². The summed E-state index contributed by atoms with van der Waals surface area (Å²) in [5, 5.41) is 3.58. The number of carbonyl (C=O) groups excluding carboxylic acids is 1. The van der Waals surface area contributed by atoms with E-state index in [-0.39, 0.29) is 0 Å². The lowest BCUT2D eigenvalue weighted by molar-refractivity contribution is -0.104. The SMILES string of the molecule is C=CC=O.Cc1cc(C(C)C)ccc1N=C1CCNC2CN(C)CC(N)=C12. The zero-order valence-electron chi connectivity index (χ0n) is 17.0. The summed E-state index contributed by atoms with van der Waals surface area (Å²) in [7, 11) is 2.12. The number of aliphatic imine (C=N–C) groups is 1. The van der Waals surface area contributed by atoms with Crippen molar-refractivity contribution in [3.05, 3.63) is 53.3 Å². The van der Waals surface area contributed by atoms with E-state index in [1.165, 1.54) is 28.5 Å². The Balaban J connectivity index is 0.000000596. The number of piperidine rings is 1. The molecule has 5 heteroatoms. The number of fused-ring (bicyclic) bond motifs is 1. The van der Waals surface area contributed by atoms with Crippen LogP contribution in [0, 0.1) is 6.92 Å². The average molecular weight is 369 g/mol. The third-order valence-electron chi connectivity index (χ3n) is 4.93. The fourth-order valence-electron chi connectivity index (χ4n) is 3.54. The summed E-state index contributed by atoms with van der Waals surface area (Å²) in [6.45, 7) is 12.5. The van der Waals surface area contributed by atoms with E-state index in [1.54, 1.807) is 0 Å². The van der Waals surface area contributed by atoms with Gasteiger partial charge < -0.3 is 11.1 Å². The highest BCUT2D eigenvalue weighted by molar-refractivity contribution is 6.04. The topological polar surface area (TPSA) is 70.7 Å². The third-order valence-corrected chi connectivity index (χ3v) is 4.93. The molecule has 2 aliphatic rings. The van der Waals surface area contributed by atoms with Crippen molar-refractivity contribution in [2.45, 2.75) is 39.2 Å². The number of hydrogen-bond donors (Lipinski definition) is 2. The number of nitrogens with two attached hydrogens (primary N) is 1. The Hall–Kier alpha value is -2.24. The highest BCUT2D eigenvalue weighted by Crippen LogP contribution is 2.28. The first-order valence-corrected chi connectivity index (χ1v) is 9.52. The van der Waals surface area contributed by atoms with Crippen LogP contribution >= 0.6 is 0 Å². The number of nitrogens with one attached hydrogen (secondary N) is 1. The highest BCUT2D eigenvalue weighted by Gasteiger charge is 2.30. The third kappa shape index (κ3) is 5.37. The largest absolute Gasteiger partial charge is 0.401 e. The van der Waals surface area contributed by atoms with Gasteiger partial charge in [-0.1, -0.05) is 32.6 Å². The maximum absolute atomic E-state index is 9.06. The number of nitrogens with zero attached hydrogens (tertiary/aromatic N) is 2. The van der Waals surface area contributed by atoms with Crippen molar-refractivity contribution in [2.75, 3.05) is 26.7 Å². The molecular weight excluding hydrogens is 336 g/mol. The van der Waals surface area contributed by atoms with Crippen molar-refractivity contribution < 1.29 is 4.79 Å². The van der Waals surface area contributed by atoms with E-state index in [0.717, 1.165) is 37.4 Å². The Morgan fingerprint density at radius 2 is 2.11 bits per heavy atom. The summed E-state index contributed by atoms with van der Waals surface area (Å²) in [6.07, 6.45) is 2.78. The average Bonchev–Trinajstić information content (AvgIpc) is 2.63. The molecule has 1 fully saturated rings. The Morgan fingerprint density at radius 1 is 1.41 bits per heavy atom. The Morgan fingerprint density at radius 3 is 2.70 bits per heavy atom. The van der Waals surface area contributed by atoms with E-state index < -0.39 is 0 Å². The monoisotopic (exact) mass is 368 g/mol. The minimum Gasteiger partial charge on any atom is -0.401 e. The normalized spacial score (nSPS) is 21.5. The van der Waals surface area contributed by atoms with Crippen molar-refractivity contribution in [3.8, 4) is 0 Å². The van der Waals surface area contributed by atoms with Crippen LogP contribution in [0.15, 0.2) is 47.1 Å². The second-order valence-corrected chi connectivity index (χ2v) is 7.52. The summed E-state index contributed by atoms with van der Waals surface area (Å²) in [6, 6.07) is 6.92. The van der Waals surface area contributed by atoms with Gasteiger partial charge in [0.15, 0.2) is 0 Å². The first-order chi connectivity index (χ1) is 12.9. The van der Waals surface area contributed by atoms with E-state index in [9.17, 15) is 0 Å². The predicted octanol–water partition coefficient (Wildman–Crippen LogP) is 3.08. The maximum Gasteiger partial charge on any atom is 0.142 e. The molecule has 3 rings (SSSR count). The van der Waals surface area contributed by atoms with Crippen LogP contribution in [0.4, 0.5) is 5.69 Å². The number of rotatable bonds is 3. The van der Waals surface area contributed by atoms with Gasteiger partial charge in [0, 0.05) is 49.1 Å². The van der Waals surface area contributed by atoms with Gasteiger partial charge in [-0.25, -0.2) is 0 Å². The number of aldehydes is 1. The lowest BCUT2D eigenvalue weighted by atomic mass is 9.90. The molecular formula is C22H32N4O. The minimum atomic E-state index is 0.316. The second-order valence-electron chi connectivity index (χ2n) is 7.52. The maximum atomic E-state index is 9.06. The lowest BCUT2D eigenvalue weighted by Crippen LogP contribution is -2.52. The molecule has 0 aliphatic carbocycles. The summed E-state index contributed by atoms with van der Waals surface area (Å²) in [5.74, 6) is 0.547. The molecule has 0 radical (unpaired) electrons. The van der Waals surface area contributed by atoms with E-state index in [1.807, 2.05) is 0 Å². The van der Waals surface area contributed by atoms with E-state index in [4.69, 9.17) is 15.5 Å². The zero-order valence-corrected chi connectivity index (χ0v) is 17.0.